The molecule has 21 heavy (non-hydrogen) atoms. The molecular weight excluding hydrogens is 292 g/mol. The summed E-state index contributed by atoms with van der Waals surface area (Å²) in [6.07, 6.45) is 0.670. The van der Waals surface area contributed by atoms with E-state index in [1.165, 1.54) is 25.5 Å². The molecule has 1 aliphatic heterocycles. The predicted molar refractivity (Wildman–Crippen MR) is 79.7 cm³/mol. The van der Waals surface area contributed by atoms with E-state index in [4.69, 9.17) is 4.74 Å². The molecule has 1 aliphatic rings. The minimum atomic E-state index is -3.51. The molecule has 0 aliphatic carbocycles. The number of carbonyl (C=O) groups is 1. The lowest BCUT2D eigenvalue weighted by Gasteiger charge is -2.23. The third kappa shape index (κ3) is 3.03. The maximum absolute atomic E-state index is 12.4. The molecule has 116 valence electrons. The third-order valence-corrected chi connectivity index (χ3v) is 5.55. The molecule has 6 nitrogen and oxygen atoms in total. The highest BCUT2D eigenvalue weighted by molar-refractivity contribution is 7.89. The fourth-order valence-corrected chi connectivity index (χ4v) is 3.58. The molecule has 0 radical (unpaired) electrons. The quantitative estimate of drug-likeness (QED) is 0.774. The van der Waals surface area contributed by atoms with Crippen LogP contribution in [0, 0.1) is 5.92 Å². The minimum absolute atomic E-state index is 0.204. The van der Waals surface area contributed by atoms with Crippen LogP contribution in [0.25, 0.3) is 0 Å². The smallest absolute Gasteiger partial charge is 0.310 e. The van der Waals surface area contributed by atoms with E-state index in [9.17, 15) is 13.2 Å². The Morgan fingerprint density at radius 2 is 2.00 bits per heavy atom. The van der Waals surface area contributed by atoms with Crippen LogP contribution >= 0.6 is 0 Å². The van der Waals surface area contributed by atoms with Crippen molar-refractivity contribution in [2.24, 2.45) is 5.92 Å². The normalized spacial score (nSPS) is 19.0. The van der Waals surface area contributed by atoms with Crippen LogP contribution in [-0.2, 0) is 19.6 Å². The van der Waals surface area contributed by atoms with Gasteiger partial charge < -0.3 is 9.64 Å². The number of carbonyl (C=O) groups excluding carboxylic acids is 1. The van der Waals surface area contributed by atoms with Crippen molar-refractivity contribution in [3.63, 3.8) is 0 Å². The zero-order chi connectivity index (χ0) is 15.6. The average Bonchev–Trinajstić information content (AvgIpc) is 2.96. The van der Waals surface area contributed by atoms with Crippen molar-refractivity contribution in [2.45, 2.75) is 11.3 Å². The Balaban J connectivity index is 2.33. The largest absolute Gasteiger partial charge is 0.469 e. The molecule has 1 saturated heterocycles. The Bertz CT molecular complexity index is 628. The number of hydrogen-bond donors (Lipinski definition) is 0. The minimum Gasteiger partial charge on any atom is -0.469 e. The zero-order valence-electron chi connectivity index (χ0n) is 12.4. The van der Waals surface area contributed by atoms with Crippen molar-refractivity contribution in [2.75, 3.05) is 39.2 Å². The van der Waals surface area contributed by atoms with Crippen molar-refractivity contribution < 1.29 is 17.9 Å². The first-order chi connectivity index (χ1) is 9.87. The van der Waals surface area contributed by atoms with Crippen LogP contribution < -0.4 is 4.90 Å². The van der Waals surface area contributed by atoms with Gasteiger partial charge in [-0.25, -0.2) is 12.7 Å². The number of para-hydroxylation sites is 1. The number of rotatable bonds is 4. The average molecular weight is 312 g/mol. The van der Waals surface area contributed by atoms with Crippen molar-refractivity contribution >= 4 is 21.7 Å². The molecule has 0 saturated carbocycles. The molecule has 1 aromatic rings. The molecule has 0 aromatic heterocycles. The summed E-state index contributed by atoms with van der Waals surface area (Å²) in [5, 5.41) is 0. The van der Waals surface area contributed by atoms with Gasteiger partial charge in [0.2, 0.25) is 10.0 Å². The highest BCUT2D eigenvalue weighted by atomic mass is 32.2. The second-order valence-corrected chi connectivity index (χ2v) is 7.33. The van der Waals surface area contributed by atoms with E-state index in [1.807, 2.05) is 4.90 Å². The van der Waals surface area contributed by atoms with Crippen LogP contribution in [0.15, 0.2) is 29.2 Å². The second kappa shape index (κ2) is 6.03. The summed E-state index contributed by atoms with van der Waals surface area (Å²) in [6, 6.07) is 6.87. The first kappa shape index (κ1) is 15.8. The number of benzene rings is 1. The van der Waals surface area contributed by atoms with Gasteiger partial charge in [0.25, 0.3) is 0 Å². The fraction of sp³-hybridized carbons (Fsp3) is 0.500. The zero-order valence-corrected chi connectivity index (χ0v) is 13.3. The van der Waals surface area contributed by atoms with E-state index in [0.717, 1.165) is 0 Å². The second-order valence-electron chi connectivity index (χ2n) is 5.21. The maximum atomic E-state index is 12.4. The molecular formula is C14H20N2O4S. The number of nitrogens with zero attached hydrogens (tertiary/aromatic N) is 2. The van der Waals surface area contributed by atoms with E-state index < -0.39 is 10.0 Å². The molecule has 1 aromatic carbocycles. The Morgan fingerprint density at radius 1 is 1.33 bits per heavy atom. The van der Waals surface area contributed by atoms with E-state index in [0.29, 0.717) is 25.2 Å². The third-order valence-electron chi connectivity index (χ3n) is 3.69. The fourth-order valence-electron chi connectivity index (χ4n) is 2.47. The monoisotopic (exact) mass is 312 g/mol. The summed E-state index contributed by atoms with van der Waals surface area (Å²) in [6.45, 7) is 1.12. The van der Waals surface area contributed by atoms with Gasteiger partial charge in [0.1, 0.15) is 4.90 Å². The molecule has 1 atom stereocenters. The first-order valence-electron chi connectivity index (χ1n) is 6.72. The van der Waals surface area contributed by atoms with Gasteiger partial charge in [-0.3, -0.25) is 4.79 Å². The van der Waals surface area contributed by atoms with E-state index in [1.54, 1.807) is 24.3 Å². The highest BCUT2D eigenvalue weighted by Gasteiger charge is 2.32. The number of sulfonamides is 1. The van der Waals surface area contributed by atoms with Gasteiger partial charge in [-0.05, 0) is 18.6 Å². The van der Waals surface area contributed by atoms with Crippen LogP contribution in [0.4, 0.5) is 5.69 Å². The predicted octanol–water partition coefficient (Wildman–Crippen LogP) is 0.936. The SMILES string of the molecule is COC(=O)C1CCN(c2ccccc2S(=O)(=O)N(C)C)C1. The van der Waals surface area contributed by atoms with Crippen LogP contribution in [-0.4, -0.2) is 53.0 Å². The molecule has 1 fully saturated rings. The number of hydrogen-bond acceptors (Lipinski definition) is 5. The standard InChI is InChI=1S/C14H20N2O4S/c1-15(2)21(18,19)13-7-5-4-6-12(13)16-9-8-11(10-16)14(17)20-3/h4-7,11H,8-10H2,1-3H3. The lowest BCUT2D eigenvalue weighted by atomic mass is 10.1. The van der Waals surface area contributed by atoms with E-state index >= 15 is 0 Å². The van der Waals surface area contributed by atoms with Crippen molar-refractivity contribution in [1.29, 1.82) is 0 Å². The summed E-state index contributed by atoms with van der Waals surface area (Å²) in [5.41, 5.74) is 0.637. The van der Waals surface area contributed by atoms with Crippen LogP contribution in [0.3, 0.4) is 0 Å². The van der Waals surface area contributed by atoms with Gasteiger partial charge in [0.05, 0.1) is 18.7 Å². The highest BCUT2D eigenvalue weighted by Crippen LogP contribution is 2.31. The van der Waals surface area contributed by atoms with Gasteiger partial charge >= 0.3 is 5.97 Å². The molecule has 0 spiro atoms. The summed E-state index contributed by atoms with van der Waals surface area (Å²) in [5.74, 6) is -0.449. The first-order valence-corrected chi connectivity index (χ1v) is 8.16. The van der Waals surface area contributed by atoms with E-state index in [2.05, 4.69) is 0 Å². The van der Waals surface area contributed by atoms with Crippen LogP contribution in [0.2, 0.25) is 0 Å². The molecule has 7 heteroatoms. The van der Waals surface area contributed by atoms with Gasteiger partial charge in [-0.2, -0.15) is 0 Å². The Labute approximate surface area is 125 Å². The lowest BCUT2D eigenvalue weighted by molar-refractivity contribution is -0.144. The van der Waals surface area contributed by atoms with Gasteiger partial charge in [0, 0.05) is 27.2 Å². The van der Waals surface area contributed by atoms with Crippen LogP contribution in [0.1, 0.15) is 6.42 Å². The van der Waals surface area contributed by atoms with Crippen molar-refractivity contribution in [3.8, 4) is 0 Å². The summed E-state index contributed by atoms with van der Waals surface area (Å²) < 4.78 is 30.7. The van der Waals surface area contributed by atoms with Gasteiger partial charge in [-0.1, -0.05) is 12.1 Å². The number of methoxy groups -OCH3 is 1. The summed E-state index contributed by atoms with van der Waals surface area (Å²) in [4.78, 5) is 13.8. The number of anilines is 1. The molecule has 0 amide bonds. The van der Waals surface area contributed by atoms with Gasteiger partial charge in [-0.15, -0.1) is 0 Å². The molecule has 0 bridgehead atoms. The number of ether oxygens (including phenoxy) is 1. The van der Waals surface area contributed by atoms with Crippen molar-refractivity contribution in [3.05, 3.63) is 24.3 Å². The maximum Gasteiger partial charge on any atom is 0.310 e. The molecule has 1 heterocycles. The Hall–Kier alpha value is -1.60. The van der Waals surface area contributed by atoms with Crippen LogP contribution in [0.5, 0.6) is 0 Å². The Morgan fingerprint density at radius 3 is 2.62 bits per heavy atom. The summed E-state index contributed by atoms with van der Waals surface area (Å²) >= 11 is 0. The van der Waals surface area contributed by atoms with E-state index in [-0.39, 0.29) is 16.8 Å². The lowest BCUT2D eigenvalue weighted by Crippen LogP contribution is -2.28. The molecule has 1 unspecified atom stereocenters. The number of esters is 1. The van der Waals surface area contributed by atoms with Gasteiger partial charge in [0.15, 0.2) is 0 Å². The molecule has 0 N–H and O–H groups in total. The van der Waals surface area contributed by atoms with Crippen molar-refractivity contribution in [1.82, 2.24) is 4.31 Å². The summed E-state index contributed by atoms with van der Waals surface area (Å²) in [7, 11) is 0.872. The Kier molecular flexibility index (Phi) is 4.53. The molecule has 2 rings (SSSR count). The topological polar surface area (TPSA) is 66.9 Å².